The number of hydrogen-bond donors (Lipinski definition) is 2. The average Bonchev–Trinajstić information content (AvgIpc) is 2.91. The van der Waals surface area contributed by atoms with E-state index in [4.69, 9.17) is 23.2 Å². The maximum absolute atomic E-state index is 13.3. The molecule has 9 nitrogen and oxygen atoms in total. The van der Waals surface area contributed by atoms with Crippen molar-refractivity contribution in [2.45, 2.75) is 15.2 Å². The first-order valence-corrected chi connectivity index (χ1v) is 16.0. The molecular weight excluding hydrogens is 595 g/mol. The number of likely N-dealkylation sites (N-methyl/N-ethyl adjacent to an activating group) is 1. The van der Waals surface area contributed by atoms with Crippen LogP contribution in [0.1, 0.15) is 10.4 Å². The van der Waals surface area contributed by atoms with E-state index in [-0.39, 0.29) is 26.1 Å². The number of sulfone groups is 1. The molecule has 3 aromatic carbocycles. The number of piperazine rings is 1. The van der Waals surface area contributed by atoms with Crippen LogP contribution >= 0.6 is 23.2 Å². The van der Waals surface area contributed by atoms with Crippen LogP contribution in [-0.2, 0) is 19.9 Å². The van der Waals surface area contributed by atoms with E-state index in [1.54, 1.807) is 0 Å². The van der Waals surface area contributed by atoms with Crippen molar-refractivity contribution in [1.82, 2.24) is 9.80 Å². The number of anilines is 2. The zero-order chi connectivity index (χ0) is 29.1. The molecule has 0 radical (unpaired) electrons. The van der Waals surface area contributed by atoms with Crippen LogP contribution in [0.2, 0.25) is 10.0 Å². The molecule has 1 amide bonds. The first-order chi connectivity index (χ1) is 18.9. The summed E-state index contributed by atoms with van der Waals surface area (Å²) >= 11 is 12.0. The Morgan fingerprint density at radius 1 is 0.875 bits per heavy atom. The molecule has 1 fully saturated rings. The maximum atomic E-state index is 13.3. The van der Waals surface area contributed by atoms with Crippen molar-refractivity contribution in [1.29, 1.82) is 0 Å². The van der Waals surface area contributed by atoms with Crippen LogP contribution in [0.5, 0.6) is 0 Å². The highest BCUT2D eigenvalue weighted by Crippen LogP contribution is 2.27. The Labute approximate surface area is 244 Å². The zero-order valence-corrected chi connectivity index (χ0v) is 24.7. The number of rotatable bonds is 9. The molecule has 1 unspecified atom stereocenters. The minimum absolute atomic E-state index is 0.0112. The molecule has 0 spiro atoms. The highest BCUT2D eigenvalue weighted by Gasteiger charge is 2.32. The molecule has 1 saturated heterocycles. The highest BCUT2D eigenvalue weighted by atomic mass is 35.5. The third kappa shape index (κ3) is 6.85. The number of halogens is 2. The van der Waals surface area contributed by atoms with Crippen molar-refractivity contribution in [3.05, 3.63) is 95.0 Å². The SMILES string of the molecule is C=CC(N1CCN(C)CC1)S(=O)(=O)c1ccc(NC(=O)c2cc(Cl)ccc2NS(=O)(=O)c2ccc(Cl)cc2)cc1. The fourth-order valence-electron chi connectivity index (χ4n) is 4.22. The average molecular weight is 624 g/mol. The number of amides is 1. The van der Waals surface area contributed by atoms with Gasteiger partial charge in [0.15, 0.2) is 9.84 Å². The topological polar surface area (TPSA) is 116 Å². The number of sulfonamides is 1. The molecule has 3 aromatic rings. The van der Waals surface area contributed by atoms with Crippen LogP contribution in [0.4, 0.5) is 11.4 Å². The summed E-state index contributed by atoms with van der Waals surface area (Å²) in [5.41, 5.74) is 0.297. The van der Waals surface area contributed by atoms with Gasteiger partial charge in [0.25, 0.3) is 15.9 Å². The number of hydrogen-bond acceptors (Lipinski definition) is 7. The van der Waals surface area contributed by atoms with E-state index in [1.807, 2.05) is 11.9 Å². The molecule has 0 saturated carbocycles. The summed E-state index contributed by atoms with van der Waals surface area (Å²) in [6.07, 6.45) is 1.43. The minimum atomic E-state index is -4.03. The Hall–Kier alpha value is -2.93. The molecule has 1 heterocycles. The van der Waals surface area contributed by atoms with Crippen LogP contribution in [0.3, 0.4) is 0 Å². The van der Waals surface area contributed by atoms with E-state index in [0.717, 1.165) is 13.1 Å². The van der Waals surface area contributed by atoms with Crippen molar-refractivity contribution in [2.75, 3.05) is 43.3 Å². The summed E-state index contributed by atoms with van der Waals surface area (Å²) in [4.78, 5) is 17.2. The standard InChI is InChI=1S/C27H28Cl2N4O5S2/c1-3-26(33-16-14-32(2)15-17-33)39(35,36)22-11-7-21(8-12-22)30-27(34)24-18-20(29)6-13-25(24)31-40(37,38)23-9-4-19(28)5-10-23/h3-13,18,26,31H,1,14-17H2,2H3,(H,30,34). The smallest absolute Gasteiger partial charge is 0.261 e. The summed E-state index contributed by atoms with van der Waals surface area (Å²) in [7, 11) is -5.79. The largest absolute Gasteiger partial charge is 0.322 e. The van der Waals surface area contributed by atoms with Gasteiger partial charge in [-0.3, -0.25) is 14.4 Å². The van der Waals surface area contributed by atoms with E-state index in [2.05, 4.69) is 21.5 Å². The van der Waals surface area contributed by atoms with Crippen molar-refractivity contribution in [3.8, 4) is 0 Å². The summed E-state index contributed by atoms with van der Waals surface area (Å²) in [6.45, 7) is 6.46. The highest BCUT2D eigenvalue weighted by molar-refractivity contribution is 7.92. The van der Waals surface area contributed by atoms with Gasteiger partial charge in [0, 0.05) is 41.9 Å². The van der Waals surface area contributed by atoms with E-state index >= 15 is 0 Å². The summed E-state index contributed by atoms with van der Waals surface area (Å²) in [5, 5.41) is 2.40. The summed E-state index contributed by atoms with van der Waals surface area (Å²) in [5.74, 6) is -0.645. The lowest BCUT2D eigenvalue weighted by molar-refractivity contribution is 0.102. The van der Waals surface area contributed by atoms with Gasteiger partial charge in [0.2, 0.25) is 0 Å². The molecule has 0 aliphatic carbocycles. The van der Waals surface area contributed by atoms with E-state index in [0.29, 0.717) is 23.8 Å². The number of nitrogens with zero attached hydrogens (tertiary/aromatic N) is 2. The summed E-state index contributed by atoms with van der Waals surface area (Å²) in [6, 6.07) is 15.5. The van der Waals surface area contributed by atoms with E-state index in [9.17, 15) is 21.6 Å². The van der Waals surface area contributed by atoms with Gasteiger partial charge in [0.05, 0.1) is 21.0 Å². The lowest BCUT2D eigenvalue weighted by atomic mass is 10.1. The molecule has 0 aromatic heterocycles. The molecule has 13 heteroatoms. The Morgan fingerprint density at radius 2 is 1.45 bits per heavy atom. The van der Waals surface area contributed by atoms with Gasteiger partial charge >= 0.3 is 0 Å². The molecule has 2 N–H and O–H groups in total. The zero-order valence-electron chi connectivity index (χ0n) is 21.5. The van der Waals surface area contributed by atoms with Crippen LogP contribution in [0, 0.1) is 0 Å². The number of carbonyl (C=O) groups excluding carboxylic acids is 1. The van der Waals surface area contributed by atoms with E-state index in [1.165, 1.54) is 72.8 Å². The second-order valence-electron chi connectivity index (χ2n) is 9.24. The fraction of sp³-hybridized carbons (Fsp3) is 0.222. The molecule has 1 aliphatic rings. The van der Waals surface area contributed by atoms with Gasteiger partial charge in [-0.05, 0) is 73.8 Å². The maximum Gasteiger partial charge on any atom is 0.261 e. The predicted molar refractivity (Wildman–Crippen MR) is 158 cm³/mol. The Balaban J connectivity index is 1.52. The molecule has 1 aliphatic heterocycles. The molecule has 212 valence electrons. The lowest BCUT2D eigenvalue weighted by Crippen LogP contribution is -2.50. The number of benzene rings is 3. The second kappa shape index (κ2) is 12.3. The third-order valence-corrected chi connectivity index (χ3v) is 10.4. The van der Waals surface area contributed by atoms with E-state index < -0.39 is 31.1 Å². The number of nitrogens with one attached hydrogen (secondary N) is 2. The van der Waals surface area contributed by atoms with Gasteiger partial charge in [-0.1, -0.05) is 29.3 Å². The van der Waals surface area contributed by atoms with Gasteiger partial charge in [0.1, 0.15) is 5.37 Å². The first-order valence-electron chi connectivity index (χ1n) is 12.2. The predicted octanol–water partition coefficient (Wildman–Crippen LogP) is 4.58. The number of carbonyl (C=O) groups is 1. The molecule has 4 rings (SSSR count). The Bertz CT molecular complexity index is 1610. The van der Waals surface area contributed by atoms with Crippen LogP contribution in [-0.4, -0.2) is 71.1 Å². The van der Waals surface area contributed by atoms with Crippen molar-refractivity contribution in [2.24, 2.45) is 0 Å². The quantitative estimate of drug-likeness (QED) is 0.336. The summed E-state index contributed by atoms with van der Waals surface area (Å²) < 4.78 is 54.9. The molecule has 1 atom stereocenters. The van der Waals surface area contributed by atoms with Crippen LogP contribution in [0.15, 0.2) is 89.2 Å². The second-order valence-corrected chi connectivity index (χ2v) is 13.8. The van der Waals surface area contributed by atoms with Gasteiger partial charge in [-0.15, -0.1) is 6.58 Å². The van der Waals surface area contributed by atoms with Crippen molar-refractivity contribution >= 4 is 60.3 Å². The molecule has 40 heavy (non-hydrogen) atoms. The molecular formula is C27H28Cl2N4O5S2. The minimum Gasteiger partial charge on any atom is -0.322 e. The van der Waals surface area contributed by atoms with Crippen molar-refractivity contribution < 1.29 is 21.6 Å². The fourth-order valence-corrected chi connectivity index (χ4v) is 7.25. The Kier molecular flexibility index (Phi) is 9.23. The monoisotopic (exact) mass is 622 g/mol. The van der Waals surface area contributed by atoms with Crippen molar-refractivity contribution in [3.63, 3.8) is 0 Å². The molecule has 0 bridgehead atoms. The first kappa shape index (κ1) is 30.0. The normalized spacial score (nSPS) is 15.8. The van der Waals surface area contributed by atoms with Crippen LogP contribution in [0.25, 0.3) is 0 Å². The van der Waals surface area contributed by atoms with Gasteiger partial charge < -0.3 is 10.2 Å². The van der Waals surface area contributed by atoms with Gasteiger partial charge in [-0.25, -0.2) is 16.8 Å². The lowest BCUT2D eigenvalue weighted by Gasteiger charge is -2.36. The Morgan fingerprint density at radius 3 is 2.05 bits per heavy atom. The van der Waals surface area contributed by atoms with Crippen LogP contribution < -0.4 is 10.0 Å². The third-order valence-electron chi connectivity index (χ3n) is 6.45. The van der Waals surface area contributed by atoms with Gasteiger partial charge in [-0.2, -0.15) is 0 Å².